The summed E-state index contributed by atoms with van der Waals surface area (Å²) in [4.78, 5) is 6.51. The van der Waals surface area contributed by atoms with Crippen LogP contribution in [0.4, 0.5) is 11.4 Å². The number of halogens is 1. The number of nitrogens with zero attached hydrogens (tertiary/aromatic N) is 2. The first-order valence-electron chi connectivity index (χ1n) is 10.9. The number of aliphatic imine (C=N–C) groups is 1. The maximum atomic E-state index is 9.30. The van der Waals surface area contributed by atoms with Gasteiger partial charge in [-0.2, -0.15) is 0 Å². The molecule has 32 heavy (non-hydrogen) atoms. The number of rotatable bonds is 9. The molecule has 0 amide bonds. The molecule has 0 aliphatic carbocycles. The molecule has 0 heterocycles. The lowest BCUT2D eigenvalue weighted by atomic mass is 9.98. The Bertz CT molecular complexity index is 989. The molecule has 3 rings (SSSR count). The molecular formula is C27H33ClN2O2. The van der Waals surface area contributed by atoms with E-state index < -0.39 is 0 Å². The van der Waals surface area contributed by atoms with E-state index in [0.29, 0.717) is 6.54 Å². The van der Waals surface area contributed by atoms with E-state index in [1.807, 2.05) is 68.4 Å². The highest BCUT2D eigenvalue weighted by Gasteiger charge is 2.18. The summed E-state index contributed by atoms with van der Waals surface area (Å²) in [6.45, 7) is 11.4. The first kappa shape index (κ1) is 25.4. The number of aliphatic hydroxyl groups excluding tert-OH is 1. The number of ether oxygens (including phenoxy) is 1. The van der Waals surface area contributed by atoms with Crippen LogP contribution in [0.5, 0.6) is 5.75 Å². The zero-order chi connectivity index (χ0) is 23.5. The van der Waals surface area contributed by atoms with Crippen LogP contribution in [0.3, 0.4) is 0 Å². The molecule has 1 atom stereocenters. The summed E-state index contributed by atoms with van der Waals surface area (Å²) < 4.78 is 5.35. The Labute approximate surface area is 197 Å². The van der Waals surface area contributed by atoms with Gasteiger partial charge >= 0.3 is 0 Å². The molecule has 170 valence electrons. The molecular weight excluding hydrogens is 420 g/mol. The predicted octanol–water partition coefficient (Wildman–Crippen LogP) is 7.01. The fourth-order valence-corrected chi connectivity index (χ4v) is 3.69. The molecule has 0 spiro atoms. The van der Waals surface area contributed by atoms with Gasteiger partial charge in [0.25, 0.3) is 0 Å². The van der Waals surface area contributed by atoms with Gasteiger partial charge in [0, 0.05) is 24.2 Å². The van der Waals surface area contributed by atoms with Gasteiger partial charge in [-0.25, -0.2) is 0 Å². The first-order chi connectivity index (χ1) is 15.5. The van der Waals surface area contributed by atoms with Crippen molar-refractivity contribution in [3.63, 3.8) is 0 Å². The predicted molar refractivity (Wildman–Crippen MR) is 137 cm³/mol. The van der Waals surface area contributed by atoms with E-state index in [0.717, 1.165) is 39.8 Å². The largest absolute Gasteiger partial charge is 0.497 e. The summed E-state index contributed by atoms with van der Waals surface area (Å²) in [5.74, 6) is 0.992. The monoisotopic (exact) mass is 452 g/mol. The topological polar surface area (TPSA) is 45.1 Å². The van der Waals surface area contributed by atoms with Gasteiger partial charge in [0.05, 0.1) is 25.1 Å². The van der Waals surface area contributed by atoms with E-state index in [9.17, 15) is 5.11 Å². The van der Waals surface area contributed by atoms with E-state index in [1.165, 1.54) is 5.56 Å². The zero-order valence-corrected chi connectivity index (χ0v) is 20.1. The van der Waals surface area contributed by atoms with E-state index in [-0.39, 0.29) is 12.5 Å². The number of anilines is 1. The van der Waals surface area contributed by atoms with Gasteiger partial charge in [0.15, 0.2) is 0 Å². The number of aliphatic hydroxyl groups is 1. The van der Waals surface area contributed by atoms with Crippen molar-refractivity contribution in [2.24, 2.45) is 4.99 Å². The third kappa shape index (κ3) is 6.59. The van der Waals surface area contributed by atoms with E-state index in [2.05, 4.69) is 35.7 Å². The fraction of sp³-hybridized carbons (Fsp3) is 0.296. The van der Waals surface area contributed by atoms with Crippen LogP contribution in [0.1, 0.15) is 43.4 Å². The van der Waals surface area contributed by atoms with E-state index >= 15 is 0 Å². The van der Waals surface area contributed by atoms with Gasteiger partial charge in [-0.15, -0.1) is 0 Å². The average molecular weight is 453 g/mol. The Kier molecular flexibility index (Phi) is 10.3. The van der Waals surface area contributed by atoms with Gasteiger partial charge in [0.1, 0.15) is 5.75 Å². The molecule has 0 saturated heterocycles. The summed E-state index contributed by atoms with van der Waals surface area (Å²) in [7, 11) is 1.64. The maximum absolute atomic E-state index is 9.30. The molecule has 0 aliphatic heterocycles. The Morgan fingerprint density at radius 3 is 2.34 bits per heavy atom. The lowest BCUT2D eigenvalue weighted by molar-refractivity contribution is 0.282. The molecule has 5 heteroatoms. The van der Waals surface area contributed by atoms with Crippen LogP contribution in [-0.2, 0) is 13.2 Å². The van der Waals surface area contributed by atoms with E-state index in [4.69, 9.17) is 16.3 Å². The van der Waals surface area contributed by atoms with Crippen molar-refractivity contribution in [2.75, 3.05) is 18.6 Å². The summed E-state index contributed by atoms with van der Waals surface area (Å²) in [6.07, 6.45) is 0. The lowest BCUT2D eigenvalue weighted by Gasteiger charge is -2.30. The molecule has 3 aromatic rings. The van der Waals surface area contributed by atoms with Crippen molar-refractivity contribution in [1.29, 1.82) is 0 Å². The molecule has 0 bridgehead atoms. The highest BCUT2D eigenvalue weighted by Crippen LogP contribution is 2.35. The second-order valence-electron chi connectivity index (χ2n) is 7.29. The van der Waals surface area contributed by atoms with Crippen LogP contribution >= 0.6 is 11.6 Å². The van der Waals surface area contributed by atoms with Gasteiger partial charge in [-0.05, 0) is 47.5 Å². The van der Waals surface area contributed by atoms with E-state index in [1.54, 1.807) is 7.11 Å². The van der Waals surface area contributed by atoms with Crippen LogP contribution < -0.4 is 9.64 Å². The van der Waals surface area contributed by atoms with Crippen LogP contribution in [0.25, 0.3) is 0 Å². The third-order valence-electron chi connectivity index (χ3n) is 5.24. The fourth-order valence-electron chi connectivity index (χ4n) is 3.49. The summed E-state index contributed by atoms with van der Waals surface area (Å²) >= 11 is 6.46. The van der Waals surface area contributed by atoms with Crippen molar-refractivity contribution < 1.29 is 9.84 Å². The lowest BCUT2D eigenvalue weighted by Crippen LogP contribution is -2.27. The first-order valence-corrected chi connectivity index (χ1v) is 11.3. The molecule has 3 aromatic carbocycles. The summed E-state index contributed by atoms with van der Waals surface area (Å²) in [6, 6.07) is 21.8. The molecule has 0 aromatic heterocycles. The van der Waals surface area contributed by atoms with Gasteiger partial charge in [-0.3, -0.25) is 4.99 Å². The normalized spacial score (nSPS) is 11.2. The Hall–Kier alpha value is -2.82. The van der Waals surface area contributed by atoms with Gasteiger partial charge < -0.3 is 14.7 Å². The molecule has 1 N–H and O–H groups in total. The molecule has 1 unspecified atom stereocenters. The van der Waals surface area contributed by atoms with Crippen molar-refractivity contribution >= 4 is 29.7 Å². The Morgan fingerprint density at radius 2 is 1.75 bits per heavy atom. The van der Waals surface area contributed by atoms with Gasteiger partial charge in [-0.1, -0.05) is 74.8 Å². The second kappa shape index (κ2) is 12.9. The van der Waals surface area contributed by atoms with Crippen molar-refractivity contribution in [1.82, 2.24) is 0 Å². The minimum atomic E-state index is 0.0491. The average Bonchev–Trinajstić information content (AvgIpc) is 2.85. The number of methoxy groups -OCH3 is 1. The minimum Gasteiger partial charge on any atom is -0.497 e. The molecule has 4 nitrogen and oxygen atoms in total. The highest BCUT2D eigenvalue weighted by atomic mass is 35.5. The number of benzene rings is 3. The molecule has 0 fully saturated rings. The molecule has 0 aliphatic rings. The number of hydrogen-bond donors (Lipinski definition) is 1. The third-order valence-corrected chi connectivity index (χ3v) is 5.61. The van der Waals surface area contributed by atoms with Crippen molar-refractivity contribution in [3.8, 4) is 5.75 Å². The Balaban J connectivity index is 0.00000176. The van der Waals surface area contributed by atoms with Crippen molar-refractivity contribution in [3.05, 3.63) is 88.4 Å². The summed E-state index contributed by atoms with van der Waals surface area (Å²) in [5, 5.41) is 10.0. The van der Waals surface area contributed by atoms with Crippen molar-refractivity contribution in [2.45, 2.75) is 39.8 Å². The standard InChI is InChI=1S/C25H27ClN2O2.C2H6/c1-18(20-10-8-19(17-29)9-11-20)15-28(16-21-6-4-5-7-23(21)26)25-13-12-22(30-3)14-24(25)27-2;1-2/h4-14,18,29H,2,15-17H2,1,3H3;1-2H3. The maximum Gasteiger partial charge on any atom is 0.121 e. The minimum absolute atomic E-state index is 0.0491. The van der Waals surface area contributed by atoms with Crippen LogP contribution in [0.15, 0.2) is 71.7 Å². The van der Waals surface area contributed by atoms with Crippen LogP contribution in [0, 0.1) is 0 Å². The smallest absolute Gasteiger partial charge is 0.121 e. The second-order valence-corrected chi connectivity index (χ2v) is 7.69. The highest BCUT2D eigenvalue weighted by molar-refractivity contribution is 6.31. The van der Waals surface area contributed by atoms with Crippen LogP contribution in [0.2, 0.25) is 5.02 Å². The number of hydrogen-bond acceptors (Lipinski definition) is 4. The Morgan fingerprint density at radius 1 is 1.06 bits per heavy atom. The molecule has 0 radical (unpaired) electrons. The SMILES string of the molecule is C=Nc1cc(OC)ccc1N(Cc1ccccc1Cl)CC(C)c1ccc(CO)cc1.CC. The van der Waals surface area contributed by atoms with Crippen LogP contribution in [-0.4, -0.2) is 25.5 Å². The molecule has 0 saturated carbocycles. The quantitative estimate of drug-likeness (QED) is 0.355. The van der Waals surface area contributed by atoms with Gasteiger partial charge in [0.2, 0.25) is 0 Å². The zero-order valence-electron chi connectivity index (χ0n) is 19.4. The summed E-state index contributed by atoms with van der Waals surface area (Å²) in [5.41, 5.74) is 4.91.